The minimum atomic E-state index is -0.779. The van der Waals surface area contributed by atoms with Gasteiger partial charge in [0.1, 0.15) is 13.2 Å². The monoisotopic (exact) mass is 1070 g/mol. The van der Waals surface area contributed by atoms with Gasteiger partial charge in [-0.1, -0.05) is 293 Å². The van der Waals surface area contributed by atoms with Crippen molar-refractivity contribution in [2.24, 2.45) is 0 Å². The van der Waals surface area contributed by atoms with Crippen molar-refractivity contribution in [3.05, 3.63) is 72.9 Å². The van der Waals surface area contributed by atoms with Crippen molar-refractivity contribution in [2.45, 2.75) is 348 Å². The van der Waals surface area contributed by atoms with E-state index in [1.807, 2.05) is 0 Å². The molecule has 6 heteroatoms. The Bertz CT molecular complexity index is 1420. The topological polar surface area (TPSA) is 78.9 Å². The van der Waals surface area contributed by atoms with Crippen molar-refractivity contribution in [3.8, 4) is 0 Å². The van der Waals surface area contributed by atoms with Crippen LogP contribution in [-0.4, -0.2) is 37.2 Å². The highest BCUT2D eigenvalue weighted by Gasteiger charge is 2.19. The largest absolute Gasteiger partial charge is 0.462 e. The maximum atomic E-state index is 12.8. The summed E-state index contributed by atoms with van der Waals surface area (Å²) in [7, 11) is 0. The molecule has 0 spiro atoms. The third-order valence-corrected chi connectivity index (χ3v) is 14.6. The molecule has 0 radical (unpaired) electrons. The van der Waals surface area contributed by atoms with E-state index in [0.717, 1.165) is 109 Å². The summed E-state index contributed by atoms with van der Waals surface area (Å²) in [4.78, 5) is 38.1. The van der Waals surface area contributed by atoms with Crippen LogP contribution >= 0.6 is 0 Å². The zero-order chi connectivity index (χ0) is 55.7. The fraction of sp³-hybridized carbons (Fsp3) is 0.789. The molecule has 0 N–H and O–H groups in total. The summed E-state index contributed by atoms with van der Waals surface area (Å²) < 4.78 is 16.9. The number of allylic oxidation sites excluding steroid dienone is 12. The Labute approximate surface area is 478 Å². The highest BCUT2D eigenvalue weighted by molar-refractivity contribution is 5.71. The van der Waals surface area contributed by atoms with Crippen LogP contribution < -0.4 is 0 Å². The van der Waals surface area contributed by atoms with Gasteiger partial charge in [-0.3, -0.25) is 14.4 Å². The van der Waals surface area contributed by atoms with Crippen LogP contribution in [0.2, 0.25) is 0 Å². The van der Waals surface area contributed by atoms with Gasteiger partial charge < -0.3 is 14.2 Å². The minimum absolute atomic E-state index is 0.0767. The molecule has 6 nitrogen and oxygen atoms in total. The van der Waals surface area contributed by atoms with Crippen molar-refractivity contribution in [1.82, 2.24) is 0 Å². The van der Waals surface area contributed by atoms with E-state index in [-0.39, 0.29) is 31.1 Å². The van der Waals surface area contributed by atoms with E-state index in [0.29, 0.717) is 19.3 Å². The standard InChI is InChI=1S/C71H126O6/c1-4-7-10-13-16-19-22-24-26-27-28-29-30-31-32-33-34-35-36-37-38-39-40-41-42-43-44-45-46-48-49-52-55-58-61-64-70(73)76-67-68(66-75-69(72)63-60-57-54-51-21-18-15-12-9-6-3)77-71(74)65-62-59-56-53-50-47-25-23-20-17-14-11-8-5-2/h7,10,12,15-16,19,23-26,28-29,68H,4-6,8-9,11,13-14,17-18,20-22,27,30-67H2,1-3H3/b10-7-,15-12-,19-16-,25-23-,26-24-,29-28-. The minimum Gasteiger partial charge on any atom is -0.462 e. The van der Waals surface area contributed by atoms with Crippen molar-refractivity contribution in [3.63, 3.8) is 0 Å². The normalized spacial score (nSPS) is 12.5. The first-order valence-electron chi connectivity index (χ1n) is 33.4. The predicted molar refractivity (Wildman–Crippen MR) is 335 cm³/mol. The van der Waals surface area contributed by atoms with Crippen LogP contribution in [0.3, 0.4) is 0 Å². The highest BCUT2D eigenvalue weighted by atomic mass is 16.6. The molecule has 0 amide bonds. The second-order valence-corrected chi connectivity index (χ2v) is 22.3. The first-order chi connectivity index (χ1) is 38.0. The Balaban J connectivity index is 4.01. The van der Waals surface area contributed by atoms with E-state index in [4.69, 9.17) is 14.2 Å². The lowest BCUT2D eigenvalue weighted by Gasteiger charge is -2.18. The lowest BCUT2D eigenvalue weighted by Crippen LogP contribution is -2.30. The van der Waals surface area contributed by atoms with Gasteiger partial charge >= 0.3 is 17.9 Å². The number of esters is 3. The van der Waals surface area contributed by atoms with Gasteiger partial charge in [-0.15, -0.1) is 0 Å². The smallest absolute Gasteiger partial charge is 0.306 e. The quantitative estimate of drug-likeness (QED) is 0.0261. The van der Waals surface area contributed by atoms with Gasteiger partial charge in [0.15, 0.2) is 6.10 Å². The van der Waals surface area contributed by atoms with E-state index in [1.165, 1.54) is 193 Å². The predicted octanol–water partition coefficient (Wildman–Crippen LogP) is 22.9. The second kappa shape index (κ2) is 65.4. The number of rotatable bonds is 61. The van der Waals surface area contributed by atoms with E-state index >= 15 is 0 Å². The van der Waals surface area contributed by atoms with Crippen LogP contribution in [0.4, 0.5) is 0 Å². The number of unbranched alkanes of at least 4 members (excludes halogenated alkanes) is 38. The highest BCUT2D eigenvalue weighted by Crippen LogP contribution is 2.17. The third kappa shape index (κ3) is 63.6. The second-order valence-electron chi connectivity index (χ2n) is 22.3. The number of ether oxygens (including phenoxy) is 3. The summed E-state index contributed by atoms with van der Waals surface area (Å²) in [6.07, 6.45) is 85.2. The molecule has 1 atom stereocenters. The van der Waals surface area contributed by atoms with Crippen molar-refractivity contribution < 1.29 is 28.6 Å². The van der Waals surface area contributed by atoms with E-state index in [2.05, 4.69) is 93.7 Å². The fourth-order valence-corrected chi connectivity index (χ4v) is 9.67. The molecule has 0 fully saturated rings. The average molecular weight is 1080 g/mol. The summed E-state index contributed by atoms with van der Waals surface area (Å²) in [5.74, 6) is -0.881. The molecule has 1 unspecified atom stereocenters. The zero-order valence-corrected chi connectivity index (χ0v) is 51.2. The lowest BCUT2D eigenvalue weighted by atomic mass is 10.0. The Kier molecular flexibility index (Phi) is 62.7. The van der Waals surface area contributed by atoms with Crippen LogP contribution in [-0.2, 0) is 28.6 Å². The summed E-state index contributed by atoms with van der Waals surface area (Å²) in [5, 5.41) is 0. The molecular formula is C71H126O6. The lowest BCUT2D eigenvalue weighted by molar-refractivity contribution is -0.167. The van der Waals surface area contributed by atoms with Crippen LogP contribution in [0.25, 0.3) is 0 Å². The van der Waals surface area contributed by atoms with Crippen LogP contribution in [0.5, 0.6) is 0 Å². The third-order valence-electron chi connectivity index (χ3n) is 14.6. The summed E-state index contributed by atoms with van der Waals surface area (Å²) in [5.41, 5.74) is 0. The molecule has 0 aliphatic heterocycles. The van der Waals surface area contributed by atoms with E-state index < -0.39 is 6.10 Å². The number of carbonyl (C=O) groups excluding carboxylic acids is 3. The molecule has 0 aromatic carbocycles. The molecule has 0 rings (SSSR count). The van der Waals surface area contributed by atoms with Gasteiger partial charge in [0.2, 0.25) is 0 Å². The Morgan fingerprint density at radius 3 is 0.857 bits per heavy atom. The average Bonchev–Trinajstić information content (AvgIpc) is 3.43. The van der Waals surface area contributed by atoms with Gasteiger partial charge in [0.05, 0.1) is 0 Å². The Hall–Kier alpha value is -3.15. The van der Waals surface area contributed by atoms with Gasteiger partial charge in [0, 0.05) is 19.3 Å². The van der Waals surface area contributed by atoms with Crippen molar-refractivity contribution >= 4 is 17.9 Å². The van der Waals surface area contributed by atoms with Gasteiger partial charge in [-0.05, 0) is 103 Å². The molecule has 0 aliphatic rings. The Morgan fingerprint density at radius 1 is 0.273 bits per heavy atom. The van der Waals surface area contributed by atoms with Crippen molar-refractivity contribution in [2.75, 3.05) is 13.2 Å². The molecule has 0 aromatic rings. The molecule has 446 valence electrons. The molecular weight excluding hydrogens is 949 g/mol. The number of hydrogen-bond donors (Lipinski definition) is 0. The van der Waals surface area contributed by atoms with Crippen LogP contribution in [0.15, 0.2) is 72.9 Å². The van der Waals surface area contributed by atoms with Crippen LogP contribution in [0.1, 0.15) is 342 Å². The van der Waals surface area contributed by atoms with E-state index in [1.54, 1.807) is 0 Å². The van der Waals surface area contributed by atoms with Crippen molar-refractivity contribution in [1.29, 1.82) is 0 Å². The Morgan fingerprint density at radius 2 is 0.532 bits per heavy atom. The summed E-state index contributed by atoms with van der Waals surface area (Å²) in [6.45, 7) is 6.48. The SMILES string of the molecule is CC/C=C\C/C=C\C/C=C\C/C=C\CCCCCCCCCCCCCCCCCCCCCCCCC(=O)OCC(COC(=O)CCCCCCC/C=C\CCC)OC(=O)CCCCCCC/C=C\CCCCCCC. The molecule has 0 aromatic heterocycles. The van der Waals surface area contributed by atoms with Gasteiger partial charge in [-0.25, -0.2) is 0 Å². The molecule has 0 saturated carbocycles. The van der Waals surface area contributed by atoms with Gasteiger partial charge in [0.25, 0.3) is 0 Å². The van der Waals surface area contributed by atoms with Gasteiger partial charge in [-0.2, -0.15) is 0 Å². The molecule has 0 saturated heterocycles. The molecule has 77 heavy (non-hydrogen) atoms. The maximum Gasteiger partial charge on any atom is 0.306 e. The fourth-order valence-electron chi connectivity index (χ4n) is 9.67. The number of hydrogen-bond acceptors (Lipinski definition) is 6. The summed E-state index contributed by atoms with van der Waals surface area (Å²) >= 11 is 0. The molecule has 0 aliphatic carbocycles. The zero-order valence-electron chi connectivity index (χ0n) is 51.2. The van der Waals surface area contributed by atoms with E-state index in [9.17, 15) is 14.4 Å². The first-order valence-corrected chi connectivity index (χ1v) is 33.4. The molecule has 0 heterocycles. The maximum absolute atomic E-state index is 12.8. The summed E-state index contributed by atoms with van der Waals surface area (Å²) in [6, 6.07) is 0. The number of carbonyl (C=O) groups is 3. The van der Waals surface area contributed by atoms with Crippen LogP contribution in [0, 0.1) is 0 Å². The first kappa shape index (κ1) is 73.8. The molecule has 0 bridgehead atoms.